The number of carbonyl (C=O) groups excluding carboxylic acids is 1. The van der Waals surface area contributed by atoms with Gasteiger partial charge in [-0.05, 0) is 24.6 Å². The number of hydrogen-bond acceptors (Lipinski definition) is 4. The molecule has 2 N–H and O–H groups in total. The highest BCUT2D eigenvalue weighted by atomic mass is 32.1. The number of nitrogens with one attached hydrogen (secondary N) is 1. The normalized spacial score (nSPS) is 10.5. The van der Waals surface area contributed by atoms with Crippen LogP contribution in [0.4, 0.5) is 5.13 Å². The van der Waals surface area contributed by atoms with Crippen molar-refractivity contribution in [3.63, 3.8) is 0 Å². The average molecular weight is 222 g/mol. The molecule has 1 heterocycles. The van der Waals surface area contributed by atoms with Gasteiger partial charge in [0.1, 0.15) is 6.61 Å². The fourth-order valence-corrected chi connectivity index (χ4v) is 2.22. The number of rotatable bonds is 2. The van der Waals surface area contributed by atoms with Crippen LogP contribution in [0.3, 0.4) is 0 Å². The van der Waals surface area contributed by atoms with E-state index in [4.69, 9.17) is 5.11 Å². The van der Waals surface area contributed by atoms with Gasteiger partial charge in [0.05, 0.1) is 10.2 Å². The van der Waals surface area contributed by atoms with Gasteiger partial charge in [-0.2, -0.15) is 0 Å². The summed E-state index contributed by atoms with van der Waals surface area (Å²) in [7, 11) is 0. The van der Waals surface area contributed by atoms with Crippen LogP contribution in [0.15, 0.2) is 18.2 Å². The highest BCUT2D eigenvalue weighted by Crippen LogP contribution is 2.26. The topological polar surface area (TPSA) is 62.2 Å². The molecule has 4 nitrogen and oxygen atoms in total. The number of carbonyl (C=O) groups is 1. The highest BCUT2D eigenvalue weighted by molar-refractivity contribution is 7.22. The second-order valence-electron chi connectivity index (χ2n) is 3.20. The second kappa shape index (κ2) is 3.96. The Hall–Kier alpha value is -1.46. The van der Waals surface area contributed by atoms with Gasteiger partial charge in [0.15, 0.2) is 5.13 Å². The van der Waals surface area contributed by atoms with Gasteiger partial charge < -0.3 is 5.11 Å². The number of aliphatic hydroxyl groups excluding tert-OH is 1. The predicted octanol–water partition coefficient (Wildman–Crippen LogP) is 1.54. The van der Waals surface area contributed by atoms with E-state index in [9.17, 15) is 4.79 Å². The molecular formula is C10H10N2O2S. The second-order valence-corrected chi connectivity index (χ2v) is 4.23. The molecule has 0 radical (unpaired) electrons. The zero-order chi connectivity index (χ0) is 10.8. The van der Waals surface area contributed by atoms with E-state index in [0.29, 0.717) is 5.13 Å². The Balaban J connectivity index is 2.34. The minimum Gasteiger partial charge on any atom is -0.387 e. The molecule has 0 saturated heterocycles. The summed E-state index contributed by atoms with van der Waals surface area (Å²) in [5.41, 5.74) is 2.02. The van der Waals surface area contributed by atoms with Crippen LogP contribution in [0.1, 0.15) is 5.56 Å². The molecule has 0 fully saturated rings. The van der Waals surface area contributed by atoms with Gasteiger partial charge in [-0.15, -0.1) is 0 Å². The minimum absolute atomic E-state index is 0.439. The van der Waals surface area contributed by atoms with Crippen LogP contribution in [0.2, 0.25) is 0 Å². The van der Waals surface area contributed by atoms with Crippen LogP contribution in [0.5, 0.6) is 0 Å². The third-order valence-corrected chi connectivity index (χ3v) is 2.87. The molecule has 2 aromatic rings. The Kier molecular flexibility index (Phi) is 2.66. The molecule has 15 heavy (non-hydrogen) atoms. The number of nitrogens with zero attached hydrogens (tertiary/aromatic N) is 1. The van der Waals surface area contributed by atoms with Crippen molar-refractivity contribution in [2.24, 2.45) is 0 Å². The van der Waals surface area contributed by atoms with E-state index in [1.807, 2.05) is 25.1 Å². The first-order valence-corrected chi connectivity index (χ1v) is 5.28. The maximum atomic E-state index is 10.9. The first-order valence-electron chi connectivity index (χ1n) is 4.47. The highest BCUT2D eigenvalue weighted by Gasteiger charge is 2.06. The molecule has 0 unspecified atom stereocenters. The maximum Gasteiger partial charge on any atom is 0.251 e. The lowest BCUT2D eigenvalue weighted by Gasteiger charge is -1.94. The van der Waals surface area contributed by atoms with Gasteiger partial charge >= 0.3 is 0 Å². The van der Waals surface area contributed by atoms with Crippen molar-refractivity contribution in [3.8, 4) is 0 Å². The summed E-state index contributed by atoms with van der Waals surface area (Å²) in [6.45, 7) is 1.49. The average Bonchev–Trinajstić information content (AvgIpc) is 2.59. The standard InChI is InChI=1S/C10H10N2O2S/c1-6-2-3-7-8(4-6)15-10(11-7)12-9(14)5-13/h2-4,13H,5H2,1H3,(H,11,12,14). The molecule has 0 aliphatic carbocycles. The summed E-state index contributed by atoms with van der Waals surface area (Å²) < 4.78 is 1.03. The van der Waals surface area contributed by atoms with Crippen LogP contribution in [0.25, 0.3) is 10.2 Å². The Bertz CT molecular complexity index is 507. The first kappa shape index (κ1) is 10.1. The monoisotopic (exact) mass is 222 g/mol. The smallest absolute Gasteiger partial charge is 0.251 e. The Morgan fingerprint density at radius 1 is 1.60 bits per heavy atom. The maximum absolute atomic E-state index is 10.9. The van der Waals surface area contributed by atoms with Crippen molar-refractivity contribution < 1.29 is 9.90 Å². The fraction of sp³-hybridized carbons (Fsp3) is 0.200. The summed E-state index contributed by atoms with van der Waals surface area (Å²) >= 11 is 1.40. The molecule has 0 saturated carbocycles. The summed E-state index contributed by atoms with van der Waals surface area (Å²) in [6, 6.07) is 5.90. The number of aliphatic hydroxyl groups is 1. The molecule has 0 bridgehead atoms. The SMILES string of the molecule is Cc1ccc2nc(NC(=O)CO)sc2c1. The van der Waals surface area contributed by atoms with Gasteiger partial charge in [-0.25, -0.2) is 4.98 Å². The number of benzene rings is 1. The number of fused-ring (bicyclic) bond motifs is 1. The van der Waals surface area contributed by atoms with E-state index in [1.165, 1.54) is 11.3 Å². The predicted molar refractivity (Wildman–Crippen MR) is 60.1 cm³/mol. The van der Waals surface area contributed by atoms with Crippen molar-refractivity contribution in [1.29, 1.82) is 0 Å². The third kappa shape index (κ3) is 2.14. The van der Waals surface area contributed by atoms with Gasteiger partial charge in [0.25, 0.3) is 5.91 Å². The van der Waals surface area contributed by atoms with Crippen LogP contribution in [0, 0.1) is 6.92 Å². The van der Waals surface area contributed by atoms with Crippen molar-refractivity contribution in [3.05, 3.63) is 23.8 Å². The van der Waals surface area contributed by atoms with Crippen molar-refractivity contribution >= 4 is 32.6 Å². The lowest BCUT2D eigenvalue weighted by molar-refractivity contribution is -0.118. The lowest BCUT2D eigenvalue weighted by Crippen LogP contribution is -2.14. The Morgan fingerprint density at radius 3 is 3.13 bits per heavy atom. The van der Waals surface area contributed by atoms with Crippen LogP contribution in [-0.4, -0.2) is 22.6 Å². The Labute approximate surface area is 90.6 Å². The van der Waals surface area contributed by atoms with Crippen molar-refractivity contribution in [1.82, 2.24) is 4.98 Å². The number of aromatic nitrogens is 1. The first-order chi connectivity index (χ1) is 7.19. The number of anilines is 1. The lowest BCUT2D eigenvalue weighted by atomic mass is 10.2. The molecule has 0 atom stereocenters. The molecule has 1 aromatic carbocycles. The van der Waals surface area contributed by atoms with Gasteiger partial charge in [0.2, 0.25) is 0 Å². The fourth-order valence-electron chi connectivity index (χ4n) is 1.24. The van der Waals surface area contributed by atoms with Crippen molar-refractivity contribution in [2.45, 2.75) is 6.92 Å². The summed E-state index contributed by atoms with van der Waals surface area (Å²) in [5, 5.41) is 11.6. The molecule has 1 amide bonds. The number of hydrogen-bond donors (Lipinski definition) is 2. The van der Waals surface area contributed by atoms with Crippen molar-refractivity contribution in [2.75, 3.05) is 11.9 Å². The van der Waals surface area contributed by atoms with E-state index in [1.54, 1.807) is 0 Å². The zero-order valence-electron chi connectivity index (χ0n) is 8.15. The molecule has 1 aromatic heterocycles. The quantitative estimate of drug-likeness (QED) is 0.810. The molecule has 0 aliphatic rings. The van der Waals surface area contributed by atoms with Crippen LogP contribution in [-0.2, 0) is 4.79 Å². The van der Waals surface area contributed by atoms with Gasteiger partial charge in [-0.3, -0.25) is 10.1 Å². The van der Waals surface area contributed by atoms with E-state index in [2.05, 4.69) is 10.3 Å². The molecule has 2 rings (SSSR count). The number of aryl methyl sites for hydroxylation is 1. The van der Waals surface area contributed by atoms with E-state index < -0.39 is 12.5 Å². The van der Waals surface area contributed by atoms with E-state index in [0.717, 1.165) is 15.8 Å². The summed E-state index contributed by atoms with van der Waals surface area (Å²) in [4.78, 5) is 15.1. The summed E-state index contributed by atoms with van der Waals surface area (Å²) in [6.07, 6.45) is 0. The largest absolute Gasteiger partial charge is 0.387 e. The molecule has 5 heteroatoms. The van der Waals surface area contributed by atoms with Gasteiger partial charge in [-0.1, -0.05) is 17.4 Å². The van der Waals surface area contributed by atoms with Gasteiger partial charge in [0, 0.05) is 0 Å². The zero-order valence-corrected chi connectivity index (χ0v) is 8.97. The molecule has 0 aliphatic heterocycles. The Morgan fingerprint density at radius 2 is 2.40 bits per heavy atom. The van der Waals surface area contributed by atoms with Crippen LogP contribution < -0.4 is 5.32 Å². The molecular weight excluding hydrogens is 212 g/mol. The number of amides is 1. The number of thiazole rings is 1. The molecule has 0 spiro atoms. The van der Waals surface area contributed by atoms with Crippen LogP contribution >= 0.6 is 11.3 Å². The molecule has 78 valence electrons. The summed E-state index contributed by atoms with van der Waals surface area (Å²) in [5.74, 6) is -0.439. The van der Waals surface area contributed by atoms with E-state index in [-0.39, 0.29) is 0 Å². The van der Waals surface area contributed by atoms with E-state index >= 15 is 0 Å². The minimum atomic E-state index is -0.519. The third-order valence-electron chi connectivity index (χ3n) is 1.93.